The average Bonchev–Trinajstić information content (AvgIpc) is 3.43. The SMILES string of the molecule is O=C(COC(=O)c1ccc2noc(-c3ccccc3)c2c1)c1ccc2c(c1)OCO2. The number of ketones is 1. The maximum atomic E-state index is 12.5. The van der Waals surface area contributed by atoms with Crippen LogP contribution in [0.25, 0.3) is 22.2 Å². The number of rotatable bonds is 5. The molecule has 0 saturated heterocycles. The van der Waals surface area contributed by atoms with Gasteiger partial charge in [-0.15, -0.1) is 0 Å². The highest BCUT2D eigenvalue weighted by Crippen LogP contribution is 2.33. The monoisotopic (exact) mass is 401 g/mol. The van der Waals surface area contributed by atoms with Crippen molar-refractivity contribution < 1.29 is 28.3 Å². The molecule has 1 aliphatic heterocycles. The molecule has 0 atom stereocenters. The highest BCUT2D eigenvalue weighted by molar-refractivity contribution is 6.01. The minimum atomic E-state index is -0.605. The summed E-state index contributed by atoms with van der Waals surface area (Å²) in [6.07, 6.45) is 0. The second-order valence-electron chi connectivity index (χ2n) is 6.68. The first kappa shape index (κ1) is 17.9. The standard InChI is InChI=1S/C23H15NO6/c25-19(15-7-9-20-21(11-15)29-13-28-20)12-27-23(26)16-6-8-18-17(10-16)22(30-24-18)14-4-2-1-3-5-14/h1-11H,12-13H2. The van der Waals surface area contributed by atoms with Crippen molar-refractivity contribution in [3.05, 3.63) is 77.9 Å². The van der Waals surface area contributed by atoms with Gasteiger partial charge in [-0.3, -0.25) is 4.79 Å². The zero-order valence-electron chi connectivity index (χ0n) is 15.7. The largest absolute Gasteiger partial charge is 0.454 e. The predicted molar refractivity (Wildman–Crippen MR) is 107 cm³/mol. The Bertz CT molecular complexity index is 1260. The van der Waals surface area contributed by atoms with Gasteiger partial charge in [-0.2, -0.15) is 0 Å². The second-order valence-corrected chi connectivity index (χ2v) is 6.68. The number of nitrogens with zero attached hydrogens (tertiary/aromatic N) is 1. The van der Waals surface area contributed by atoms with Crippen molar-refractivity contribution in [1.29, 1.82) is 0 Å². The third-order valence-electron chi connectivity index (χ3n) is 4.78. The van der Waals surface area contributed by atoms with E-state index in [1.54, 1.807) is 36.4 Å². The lowest BCUT2D eigenvalue weighted by molar-refractivity contribution is 0.0475. The van der Waals surface area contributed by atoms with Crippen molar-refractivity contribution in [3.8, 4) is 22.8 Å². The molecule has 0 bridgehead atoms. The van der Waals surface area contributed by atoms with E-state index in [1.807, 2.05) is 30.3 Å². The summed E-state index contributed by atoms with van der Waals surface area (Å²) in [5, 5.41) is 4.73. The Morgan fingerprint density at radius 2 is 1.70 bits per heavy atom. The first-order valence-electron chi connectivity index (χ1n) is 9.24. The zero-order chi connectivity index (χ0) is 20.5. The van der Waals surface area contributed by atoms with Gasteiger partial charge in [-0.1, -0.05) is 35.5 Å². The third-order valence-corrected chi connectivity index (χ3v) is 4.78. The van der Waals surface area contributed by atoms with Crippen LogP contribution in [-0.4, -0.2) is 30.3 Å². The first-order valence-corrected chi connectivity index (χ1v) is 9.24. The van der Waals surface area contributed by atoms with Gasteiger partial charge in [-0.05, 0) is 36.4 Å². The van der Waals surface area contributed by atoms with Crippen LogP contribution in [0.15, 0.2) is 71.3 Å². The summed E-state index contributed by atoms with van der Waals surface area (Å²) in [5.41, 5.74) is 2.17. The van der Waals surface area contributed by atoms with Gasteiger partial charge in [0, 0.05) is 11.1 Å². The van der Waals surface area contributed by atoms with Gasteiger partial charge in [0.2, 0.25) is 6.79 Å². The number of carbonyl (C=O) groups excluding carboxylic acids is 2. The summed E-state index contributed by atoms with van der Waals surface area (Å²) in [7, 11) is 0. The lowest BCUT2D eigenvalue weighted by atomic mass is 10.1. The molecule has 0 N–H and O–H groups in total. The van der Waals surface area contributed by atoms with Crippen LogP contribution in [0.3, 0.4) is 0 Å². The van der Waals surface area contributed by atoms with Gasteiger partial charge < -0.3 is 18.7 Å². The molecule has 3 aromatic carbocycles. The van der Waals surface area contributed by atoms with Crippen molar-refractivity contribution in [2.24, 2.45) is 0 Å². The molecule has 7 heteroatoms. The van der Waals surface area contributed by atoms with Crippen LogP contribution < -0.4 is 9.47 Å². The highest BCUT2D eigenvalue weighted by Gasteiger charge is 2.19. The van der Waals surface area contributed by atoms with Crippen LogP contribution in [0.1, 0.15) is 20.7 Å². The first-order chi connectivity index (χ1) is 14.7. The van der Waals surface area contributed by atoms with E-state index in [9.17, 15) is 9.59 Å². The lowest BCUT2D eigenvalue weighted by Crippen LogP contribution is -2.14. The van der Waals surface area contributed by atoms with Crippen molar-refractivity contribution in [2.45, 2.75) is 0 Å². The number of carbonyl (C=O) groups is 2. The molecule has 4 aromatic rings. The normalized spacial score (nSPS) is 12.1. The van der Waals surface area contributed by atoms with Gasteiger partial charge in [0.15, 0.2) is 29.6 Å². The number of ether oxygens (including phenoxy) is 3. The number of aromatic nitrogens is 1. The maximum Gasteiger partial charge on any atom is 0.338 e. The Hall–Kier alpha value is -4.13. The molecule has 1 aromatic heterocycles. The van der Waals surface area contributed by atoms with Crippen molar-refractivity contribution in [1.82, 2.24) is 5.16 Å². The number of benzene rings is 3. The Kier molecular flexibility index (Phi) is 4.40. The van der Waals surface area contributed by atoms with E-state index in [2.05, 4.69) is 5.16 Å². The molecule has 30 heavy (non-hydrogen) atoms. The minimum Gasteiger partial charge on any atom is -0.454 e. The molecule has 1 aliphatic rings. The van der Waals surface area contributed by atoms with E-state index < -0.39 is 5.97 Å². The van der Waals surface area contributed by atoms with Crippen LogP contribution in [0.4, 0.5) is 0 Å². The average molecular weight is 401 g/mol. The number of hydrogen-bond acceptors (Lipinski definition) is 7. The Balaban J connectivity index is 1.33. The molecule has 2 heterocycles. The smallest absolute Gasteiger partial charge is 0.338 e. The summed E-state index contributed by atoms with van der Waals surface area (Å²) in [6.45, 7) is -0.260. The number of Topliss-reactive ketones (excluding diaryl/α,β-unsaturated/α-hetero) is 1. The topological polar surface area (TPSA) is 87.9 Å². The van der Waals surface area contributed by atoms with Crippen LogP contribution in [-0.2, 0) is 4.74 Å². The summed E-state index contributed by atoms with van der Waals surface area (Å²) in [4.78, 5) is 24.9. The predicted octanol–water partition coefficient (Wildman–Crippen LogP) is 4.26. The molecule has 5 rings (SSSR count). The molecule has 0 spiro atoms. The van der Waals surface area contributed by atoms with Gasteiger partial charge >= 0.3 is 5.97 Å². The highest BCUT2D eigenvalue weighted by atomic mass is 16.7. The molecule has 0 unspecified atom stereocenters. The maximum absolute atomic E-state index is 12.5. The number of esters is 1. The zero-order valence-corrected chi connectivity index (χ0v) is 15.7. The van der Waals surface area contributed by atoms with Crippen molar-refractivity contribution in [3.63, 3.8) is 0 Å². The van der Waals surface area contributed by atoms with Crippen LogP contribution in [0.2, 0.25) is 0 Å². The number of hydrogen-bond donors (Lipinski definition) is 0. The Morgan fingerprint density at radius 1 is 0.900 bits per heavy atom. The van der Waals surface area contributed by atoms with E-state index in [0.29, 0.717) is 39.3 Å². The van der Waals surface area contributed by atoms with Crippen molar-refractivity contribution in [2.75, 3.05) is 13.4 Å². The van der Waals surface area contributed by atoms with Crippen molar-refractivity contribution >= 4 is 22.7 Å². The summed E-state index contributed by atoms with van der Waals surface area (Å²) < 4.78 is 21.2. The summed E-state index contributed by atoms with van der Waals surface area (Å²) in [6, 6.07) is 19.3. The van der Waals surface area contributed by atoms with E-state index in [0.717, 1.165) is 5.56 Å². The van der Waals surface area contributed by atoms with Gasteiger partial charge in [0.25, 0.3) is 0 Å². The summed E-state index contributed by atoms with van der Waals surface area (Å²) >= 11 is 0. The fraction of sp³-hybridized carbons (Fsp3) is 0.0870. The fourth-order valence-corrected chi connectivity index (χ4v) is 3.23. The van der Waals surface area contributed by atoms with E-state index in [-0.39, 0.29) is 19.2 Å². The quantitative estimate of drug-likeness (QED) is 0.365. The summed E-state index contributed by atoms with van der Waals surface area (Å²) in [5.74, 6) is 0.707. The molecule has 0 aliphatic carbocycles. The molecule has 0 saturated carbocycles. The molecule has 0 fully saturated rings. The Labute approximate surface area is 170 Å². The van der Waals surface area contributed by atoms with Gasteiger partial charge in [0.05, 0.1) is 10.9 Å². The molecule has 0 amide bonds. The van der Waals surface area contributed by atoms with E-state index in [1.165, 1.54) is 0 Å². The third kappa shape index (κ3) is 3.26. The molecular weight excluding hydrogens is 386 g/mol. The molecule has 0 radical (unpaired) electrons. The van der Waals surface area contributed by atoms with Crippen LogP contribution in [0.5, 0.6) is 11.5 Å². The molecule has 148 valence electrons. The lowest BCUT2D eigenvalue weighted by Gasteiger charge is -2.05. The van der Waals surface area contributed by atoms with Gasteiger partial charge in [0.1, 0.15) is 5.52 Å². The molecule has 7 nitrogen and oxygen atoms in total. The van der Waals surface area contributed by atoms with E-state index >= 15 is 0 Å². The van der Waals surface area contributed by atoms with Gasteiger partial charge in [-0.25, -0.2) is 4.79 Å². The molecular formula is C23H15NO6. The minimum absolute atomic E-state index is 0.123. The van der Waals surface area contributed by atoms with Crippen LogP contribution in [0, 0.1) is 0 Å². The van der Waals surface area contributed by atoms with E-state index in [4.69, 9.17) is 18.7 Å². The van der Waals surface area contributed by atoms with Crippen LogP contribution >= 0.6 is 0 Å². The number of fused-ring (bicyclic) bond motifs is 2. The second kappa shape index (κ2) is 7.36. The Morgan fingerprint density at radius 3 is 2.57 bits per heavy atom. The fourth-order valence-electron chi connectivity index (χ4n) is 3.23.